The molecule has 0 N–H and O–H groups in total. The van der Waals surface area contributed by atoms with Crippen molar-refractivity contribution in [3.8, 4) is 17.9 Å². The Hall–Kier alpha value is -3.06. The number of nitrogens with zero attached hydrogens (tertiary/aromatic N) is 3. The van der Waals surface area contributed by atoms with E-state index in [1.807, 2.05) is 12.1 Å². The Balaban J connectivity index is 1.71. The molecule has 0 aromatic heterocycles. The van der Waals surface area contributed by atoms with Crippen molar-refractivity contribution in [1.29, 1.82) is 10.5 Å². The van der Waals surface area contributed by atoms with E-state index >= 15 is 0 Å². The van der Waals surface area contributed by atoms with Crippen LogP contribution in [-0.4, -0.2) is 24.8 Å². The third-order valence-electron chi connectivity index (χ3n) is 4.09. The molecule has 0 radical (unpaired) electrons. The predicted octanol–water partition coefficient (Wildman–Crippen LogP) is 3.24. The lowest BCUT2D eigenvalue weighted by Crippen LogP contribution is -2.43. The number of carbonyl (C=O) groups excluding carboxylic acids is 1. The van der Waals surface area contributed by atoms with E-state index in [1.54, 1.807) is 49.4 Å². The number of hydrogen-bond acceptors (Lipinski definition) is 5. The normalized spacial score (nSPS) is 19.1. The Kier molecular flexibility index (Phi) is 4.81. The summed E-state index contributed by atoms with van der Waals surface area (Å²) >= 11 is 6.04. The van der Waals surface area contributed by atoms with Gasteiger partial charge in [0.05, 0.1) is 22.2 Å². The van der Waals surface area contributed by atoms with Crippen LogP contribution in [-0.2, 0) is 9.53 Å². The number of halogens is 1. The van der Waals surface area contributed by atoms with Gasteiger partial charge in [0.2, 0.25) is 0 Å². The van der Waals surface area contributed by atoms with Crippen LogP contribution in [0, 0.1) is 22.7 Å². The van der Waals surface area contributed by atoms with E-state index in [4.69, 9.17) is 31.6 Å². The first kappa shape index (κ1) is 17.8. The maximum absolute atomic E-state index is 12.8. The predicted molar refractivity (Wildman–Crippen MR) is 94.7 cm³/mol. The molecule has 1 amide bonds. The van der Waals surface area contributed by atoms with Crippen LogP contribution in [0.4, 0.5) is 5.69 Å². The lowest BCUT2D eigenvalue weighted by atomic mass is 10.1. The molecule has 1 fully saturated rings. The van der Waals surface area contributed by atoms with E-state index in [-0.39, 0.29) is 24.3 Å². The van der Waals surface area contributed by atoms with Crippen LogP contribution in [0.5, 0.6) is 5.75 Å². The largest absolute Gasteiger partial charge is 0.490 e. The van der Waals surface area contributed by atoms with Gasteiger partial charge in [0.15, 0.2) is 5.60 Å². The lowest BCUT2D eigenvalue weighted by Gasteiger charge is -2.22. The van der Waals surface area contributed by atoms with Crippen molar-refractivity contribution >= 4 is 23.2 Å². The minimum absolute atomic E-state index is 0.0260. The number of benzene rings is 2. The van der Waals surface area contributed by atoms with Crippen LogP contribution in [0.2, 0.25) is 5.02 Å². The zero-order valence-corrected chi connectivity index (χ0v) is 14.7. The van der Waals surface area contributed by atoms with Gasteiger partial charge in [0.1, 0.15) is 25.2 Å². The second-order valence-electron chi connectivity index (χ2n) is 5.94. The van der Waals surface area contributed by atoms with Crippen molar-refractivity contribution in [3.63, 3.8) is 0 Å². The van der Waals surface area contributed by atoms with Gasteiger partial charge in [0, 0.05) is 5.69 Å². The fraction of sp³-hybridized carbons (Fsp3) is 0.211. The number of amides is 1. The molecule has 1 atom stereocenters. The van der Waals surface area contributed by atoms with E-state index in [1.165, 1.54) is 4.90 Å². The average molecular weight is 368 g/mol. The lowest BCUT2D eigenvalue weighted by molar-refractivity contribution is -0.132. The number of nitriles is 2. The Bertz CT molecular complexity index is 931. The van der Waals surface area contributed by atoms with Crippen LogP contribution < -0.4 is 9.64 Å². The number of rotatable bonds is 4. The molecular weight excluding hydrogens is 354 g/mol. The molecule has 2 aromatic rings. The standard InChI is InChI=1S/C19H14ClN3O3/c1-19(11-25-16-6-2-13(9-21)3-7-16)18(24)23(12-26-19)15-5-4-14(10-22)17(20)8-15/h2-8H,11-12H2,1H3. The summed E-state index contributed by atoms with van der Waals surface area (Å²) in [5.41, 5.74) is 0.283. The van der Waals surface area contributed by atoms with Crippen molar-refractivity contribution in [3.05, 3.63) is 58.6 Å². The molecule has 7 heteroatoms. The van der Waals surface area contributed by atoms with Gasteiger partial charge in [-0.25, -0.2) is 0 Å². The number of ether oxygens (including phenoxy) is 2. The van der Waals surface area contributed by atoms with E-state index in [2.05, 4.69) is 0 Å². The van der Waals surface area contributed by atoms with Gasteiger partial charge in [-0.3, -0.25) is 9.69 Å². The first-order valence-corrected chi connectivity index (χ1v) is 8.13. The third kappa shape index (κ3) is 3.34. The van der Waals surface area contributed by atoms with E-state index in [9.17, 15) is 4.79 Å². The van der Waals surface area contributed by atoms with E-state index in [0.29, 0.717) is 22.6 Å². The summed E-state index contributed by atoms with van der Waals surface area (Å²) in [6.45, 7) is 1.75. The van der Waals surface area contributed by atoms with Gasteiger partial charge in [-0.05, 0) is 49.4 Å². The smallest absolute Gasteiger partial charge is 0.264 e. The fourth-order valence-corrected chi connectivity index (χ4v) is 2.73. The first-order valence-electron chi connectivity index (χ1n) is 7.75. The second kappa shape index (κ2) is 7.05. The topological polar surface area (TPSA) is 86.3 Å². The van der Waals surface area contributed by atoms with Crippen molar-refractivity contribution in [2.24, 2.45) is 0 Å². The molecule has 0 bridgehead atoms. The summed E-state index contributed by atoms with van der Waals surface area (Å²) in [4.78, 5) is 14.2. The highest BCUT2D eigenvalue weighted by Crippen LogP contribution is 2.31. The highest BCUT2D eigenvalue weighted by Gasteiger charge is 2.45. The molecule has 1 heterocycles. The summed E-state index contributed by atoms with van der Waals surface area (Å²) < 4.78 is 11.3. The molecule has 0 aliphatic carbocycles. The second-order valence-corrected chi connectivity index (χ2v) is 6.35. The van der Waals surface area contributed by atoms with Crippen LogP contribution in [0.3, 0.4) is 0 Å². The van der Waals surface area contributed by atoms with Crippen molar-refractivity contribution in [2.75, 3.05) is 18.2 Å². The Morgan fingerprint density at radius 2 is 1.96 bits per heavy atom. The molecule has 0 spiro atoms. The number of anilines is 1. The summed E-state index contributed by atoms with van der Waals surface area (Å²) in [6, 6.07) is 15.4. The van der Waals surface area contributed by atoms with Gasteiger partial charge in [0.25, 0.3) is 5.91 Å². The van der Waals surface area contributed by atoms with Gasteiger partial charge in [-0.15, -0.1) is 0 Å². The Morgan fingerprint density at radius 3 is 2.58 bits per heavy atom. The molecule has 1 aliphatic rings. The summed E-state index contributed by atoms with van der Waals surface area (Å²) in [5, 5.41) is 18.0. The molecule has 2 aromatic carbocycles. The fourth-order valence-electron chi connectivity index (χ4n) is 2.52. The quantitative estimate of drug-likeness (QED) is 0.827. The molecule has 6 nitrogen and oxygen atoms in total. The van der Waals surface area contributed by atoms with Crippen molar-refractivity contribution < 1.29 is 14.3 Å². The zero-order chi connectivity index (χ0) is 18.7. The van der Waals surface area contributed by atoms with Crippen LogP contribution >= 0.6 is 11.6 Å². The van der Waals surface area contributed by atoms with Gasteiger partial charge in [-0.1, -0.05) is 11.6 Å². The van der Waals surface area contributed by atoms with Crippen molar-refractivity contribution in [2.45, 2.75) is 12.5 Å². The molecule has 0 saturated carbocycles. The zero-order valence-electron chi connectivity index (χ0n) is 13.9. The van der Waals surface area contributed by atoms with Crippen molar-refractivity contribution in [1.82, 2.24) is 0 Å². The Morgan fingerprint density at radius 1 is 1.23 bits per heavy atom. The van der Waals surface area contributed by atoms with Crippen LogP contribution in [0.25, 0.3) is 0 Å². The highest BCUT2D eigenvalue weighted by molar-refractivity contribution is 6.32. The minimum Gasteiger partial charge on any atom is -0.490 e. The molecule has 130 valence electrons. The average Bonchev–Trinajstić information content (AvgIpc) is 2.96. The number of carbonyl (C=O) groups is 1. The third-order valence-corrected chi connectivity index (χ3v) is 4.40. The monoisotopic (exact) mass is 367 g/mol. The van der Waals surface area contributed by atoms with E-state index in [0.717, 1.165) is 0 Å². The molecule has 3 rings (SSSR count). The summed E-state index contributed by atoms with van der Waals surface area (Å²) in [7, 11) is 0. The van der Waals surface area contributed by atoms with Crippen LogP contribution in [0.15, 0.2) is 42.5 Å². The van der Waals surface area contributed by atoms with E-state index < -0.39 is 5.60 Å². The van der Waals surface area contributed by atoms with Gasteiger partial charge < -0.3 is 9.47 Å². The molecule has 1 aliphatic heterocycles. The maximum Gasteiger partial charge on any atom is 0.264 e. The van der Waals surface area contributed by atoms with Gasteiger partial charge in [-0.2, -0.15) is 10.5 Å². The molecule has 26 heavy (non-hydrogen) atoms. The summed E-state index contributed by atoms with van der Waals surface area (Å²) in [5.74, 6) is 0.286. The summed E-state index contributed by atoms with van der Waals surface area (Å²) in [6.07, 6.45) is 0. The minimum atomic E-state index is -1.14. The molecular formula is C19H14ClN3O3. The Labute approximate surface area is 155 Å². The van der Waals surface area contributed by atoms with Crippen LogP contribution in [0.1, 0.15) is 18.1 Å². The molecule has 1 saturated heterocycles. The highest BCUT2D eigenvalue weighted by atomic mass is 35.5. The maximum atomic E-state index is 12.8. The SMILES string of the molecule is CC1(COc2ccc(C#N)cc2)OCN(c2ccc(C#N)c(Cl)c2)C1=O. The number of hydrogen-bond donors (Lipinski definition) is 0. The van der Waals surface area contributed by atoms with Gasteiger partial charge >= 0.3 is 0 Å². The molecule has 1 unspecified atom stereocenters. The first-order chi connectivity index (χ1) is 12.5.